The summed E-state index contributed by atoms with van der Waals surface area (Å²) >= 11 is 0. The van der Waals surface area contributed by atoms with Crippen LogP contribution < -0.4 is 0 Å². The van der Waals surface area contributed by atoms with Gasteiger partial charge in [-0.2, -0.15) is 0 Å². The third-order valence-electron chi connectivity index (χ3n) is 2.99. The number of hydrogen-bond donors (Lipinski definition) is 0. The summed E-state index contributed by atoms with van der Waals surface area (Å²) in [5.74, 6) is 0. The van der Waals surface area contributed by atoms with E-state index in [1.54, 1.807) is 0 Å². The van der Waals surface area contributed by atoms with Crippen LogP contribution in [-0.2, 0) is 18.1 Å². The van der Waals surface area contributed by atoms with Crippen molar-refractivity contribution < 1.29 is 18.1 Å². The Kier molecular flexibility index (Phi) is 8.34. The molecule has 6 nitrogen and oxygen atoms in total. The van der Waals surface area contributed by atoms with Crippen LogP contribution in [-0.4, -0.2) is 42.5 Å². The van der Waals surface area contributed by atoms with Crippen molar-refractivity contribution in [3.63, 3.8) is 0 Å². The Morgan fingerprint density at radius 1 is 0.952 bits per heavy atom. The zero-order chi connectivity index (χ0) is 15.7. The fourth-order valence-corrected chi connectivity index (χ4v) is 3.44. The number of phosphoric acid groups is 1. The molecule has 1 aliphatic heterocycles. The number of hydrogen-bond acceptors (Lipinski definition) is 6. The topological polar surface area (TPSA) is 51.2 Å². The van der Waals surface area contributed by atoms with Crippen LogP contribution in [0, 0.1) is 0 Å². The summed E-state index contributed by atoms with van der Waals surface area (Å²) in [6.07, 6.45) is 6.00. The summed E-state index contributed by atoms with van der Waals surface area (Å²) in [4.78, 5) is 3.99. The summed E-state index contributed by atoms with van der Waals surface area (Å²) in [5, 5.41) is 0. The second kappa shape index (κ2) is 9.46. The standard InChI is InChI=1S/C14H29N2O4P/c1-5-9-16-11-10-15(8-4)14(16)20-21(17,18-12-6-2)19-13-7-3/h10-11,14H,5-9,12-13H2,1-4H3. The summed E-state index contributed by atoms with van der Waals surface area (Å²) in [6.45, 7) is 10.4. The minimum atomic E-state index is -3.54. The van der Waals surface area contributed by atoms with Crippen molar-refractivity contribution in [2.45, 2.75) is 53.3 Å². The Morgan fingerprint density at radius 2 is 1.52 bits per heavy atom. The van der Waals surface area contributed by atoms with E-state index in [-0.39, 0.29) is 0 Å². The van der Waals surface area contributed by atoms with Crippen LogP contribution in [0.5, 0.6) is 0 Å². The van der Waals surface area contributed by atoms with Gasteiger partial charge in [-0.1, -0.05) is 20.8 Å². The highest BCUT2D eigenvalue weighted by Gasteiger charge is 2.36. The van der Waals surface area contributed by atoms with Crippen molar-refractivity contribution in [1.29, 1.82) is 0 Å². The van der Waals surface area contributed by atoms with E-state index >= 15 is 0 Å². The van der Waals surface area contributed by atoms with Gasteiger partial charge in [0.15, 0.2) is 0 Å². The molecule has 1 aliphatic rings. The van der Waals surface area contributed by atoms with E-state index < -0.39 is 14.2 Å². The highest BCUT2D eigenvalue weighted by atomic mass is 31.2. The first-order valence-corrected chi connectivity index (χ1v) is 9.33. The van der Waals surface area contributed by atoms with Crippen molar-refractivity contribution in [3.05, 3.63) is 12.4 Å². The van der Waals surface area contributed by atoms with Crippen molar-refractivity contribution in [1.82, 2.24) is 9.80 Å². The SMILES string of the molecule is CCCOP(=O)(OCCC)OC1N(CC)C=CN1CCC. The molecule has 0 spiro atoms. The summed E-state index contributed by atoms with van der Waals surface area (Å²) < 4.78 is 29.3. The highest BCUT2D eigenvalue weighted by Crippen LogP contribution is 2.52. The lowest BCUT2D eigenvalue weighted by atomic mass is 10.4. The van der Waals surface area contributed by atoms with Gasteiger partial charge < -0.3 is 9.80 Å². The Morgan fingerprint density at radius 3 is 2.00 bits per heavy atom. The maximum Gasteiger partial charge on any atom is 0.478 e. The monoisotopic (exact) mass is 320 g/mol. The first kappa shape index (κ1) is 18.5. The maximum atomic E-state index is 12.8. The fraction of sp³-hybridized carbons (Fsp3) is 0.857. The molecular formula is C14H29N2O4P. The Hall–Kier alpha value is -0.550. The second-order valence-electron chi connectivity index (χ2n) is 4.91. The third kappa shape index (κ3) is 5.62. The van der Waals surface area contributed by atoms with E-state index in [0.717, 1.165) is 32.4 Å². The van der Waals surface area contributed by atoms with Gasteiger partial charge in [-0.25, -0.2) is 9.09 Å². The predicted molar refractivity (Wildman–Crippen MR) is 83.5 cm³/mol. The molecule has 7 heteroatoms. The average molecular weight is 320 g/mol. The van der Waals surface area contributed by atoms with Crippen LogP contribution >= 0.6 is 7.82 Å². The molecule has 1 heterocycles. The van der Waals surface area contributed by atoms with Crippen LogP contribution in [0.3, 0.4) is 0 Å². The molecule has 1 unspecified atom stereocenters. The molecule has 1 atom stereocenters. The van der Waals surface area contributed by atoms with E-state index in [1.165, 1.54) is 0 Å². The Bertz CT molecular complexity index is 353. The molecule has 21 heavy (non-hydrogen) atoms. The van der Waals surface area contributed by atoms with E-state index in [4.69, 9.17) is 13.6 Å². The van der Waals surface area contributed by atoms with Crippen molar-refractivity contribution in [3.8, 4) is 0 Å². The van der Waals surface area contributed by atoms with Crippen LogP contribution in [0.15, 0.2) is 12.4 Å². The third-order valence-corrected chi connectivity index (χ3v) is 4.44. The summed E-state index contributed by atoms with van der Waals surface area (Å²) in [7, 11) is -3.54. The molecule has 124 valence electrons. The lowest BCUT2D eigenvalue weighted by Crippen LogP contribution is -2.40. The number of phosphoric ester groups is 1. The normalized spacial score (nSPS) is 18.8. The van der Waals surface area contributed by atoms with E-state index in [0.29, 0.717) is 13.2 Å². The molecule has 0 aromatic rings. The van der Waals surface area contributed by atoms with Gasteiger partial charge in [-0.05, 0) is 26.2 Å². The molecule has 0 saturated heterocycles. The molecule has 0 aromatic heterocycles. The summed E-state index contributed by atoms with van der Waals surface area (Å²) in [5.41, 5.74) is 0. The zero-order valence-electron chi connectivity index (χ0n) is 13.7. The smallest absolute Gasteiger partial charge is 0.334 e. The van der Waals surface area contributed by atoms with E-state index in [1.807, 2.05) is 43.0 Å². The average Bonchev–Trinajstić information content (AvgIpc) is 2.85. The molecule has 0 N–H and O–H groups in total. The largest absolute Gasteiger partial charge is 0.478 e. The second-order valence-corrected chi connectivity index (χ2v) is 6.53. The molecule has 1 rings (SSSR count). The number of nitrogens with zero attached hydrogens (tertiary/aromatic N) is 2. The minimum Gasteiger partial charge on any atom is -0.334 e. The molecule has 0 fully saturated rings. The van der Waals surface area contributed by atoms with Crippen molar-refractivity contribution >= 4 is 7.82 Å². The number of rotatable bonds is 11. The lowest BCUT2D eigenvalue weighted by Gasteiger charge is -2.33. The van der Waals surface area contributed by atoms with Gasteiger partial charge in [0, 0.05) is 25.5 Å². The van der Waals surface area contributed by atoms with E-state index in [2.05, 4.69) is 6.92 Å². The van der Waals surface area contributed by atoms with Gasteiger partial charge in [0.05, 0.1) is 13.2 Å². The minimum absolute atomic E-state index is 0.362. The molecule has 0 saturated carbocycles. The zero-order valence-corrected chi connectivity index (χ0v) is 14.6. The molecular weight excluding hydrogens is 291 g/mol. The first-order valence-electron chi connectivity index (χ1n) is 7.87. The van der Waals surface area contributed by atoms with Crippen LogP contribution in [0.1, 0.15) is 47.0 Å². The van der Waals surface area contributed by atoms with Gasteiger partial charge in [-0.3, -0.25) is 9.05 Å². The van der Waals surface area contributed by atoms with Gasteiger partial charge in [0.2, 0.25) is 6.35 Å². The predicted octanol–water partition coefficient (Wildman–Crippen LogP) is 3.77. The Labute approximate surface area is 128 Å². The van der Waals surface area contributed by atoms with Gasteiger partial charge in [0.1, 0.15) is 0 Å². The van der Waals surface area contributed by atoms with Crippen LogP contribution in [0.2, 0.25) is 0 Å². The molecule has 0 aliphatic carbocycles. The quantitative estimate of drug-likeness (QED) is 0.540. The molecule has 0 aromatic carbocycles. The summed E-state index contributed by atoms with van der Waals surface area (Å²) in [6, 6.07) is 0. The van der Waals surface area contributed by atoms with Crippen molar-refractivity contribution in [2.24, 2.45) is 0 Å². The fourth-order valence-electron chi connectivity index (χ4n) is 1.95. The highest BCUT2D eigenvalue weighted by molar-refractivity contribution is 7.48. The van der Waals surface area contributed by atoms with Crippen molar-refractivity contribution in [2.75, 3.05) is 26.3 Å². The lowest BCUT2D eigenvalue weighted by molar-refractivity contribution is -0.0529. The van der Waals surface area contributed by atoms with Gasteiger partial charge >= 0.3 is 7.82 Å². The first-order chi connectivity index (χ1) is 10.1. The van der Waals surface area contributed by atoms with Gasteiger partial charge in [0.25, 0.3) is 0 Å². The van der Waals surface area contributed by atoms with Gasteiger partial charge in [-0.15, -0.1) is 0 Å². The Balaban J connectivity index is 2.75. The van der Waals surface area contributed by atoms with E-state index in [9.17, 15) is 4.57 Å². The molecule has 0 amide bonds. The van der Waals surface area contributed by atoms with Crippen LogP contribution in [0.25, 0.3) is 0 Å². The van der Waals surface area contributed by atoms with Crippen LogP contribution in [0.4, 0.5) is 0 Å². The molecule has 0 radical (unpaired) electrons. The maximum absolute atomic E-state index is 12.8. The molecule has 0 bridgehead atoms.